The van der Waals surface area contributed by atoms with Gasteiger partial charge in [0.15, 0.2) is 0 Å². The first-order chi connectivity index (χ1) is 10.7. The van der Waals surface area contributed by atoms with Crippen LogP contribution >= 0.6 is 0 Å². The van der Waals surface area contributed by atoms with E-state index in [-0.39, 0.29) is 29.9 Å². The number of amidine groups is 1. The van der Waals surface area contributed by atoms with Gasteiger partial charge in [0.1, 0.15) is 17.5 Å². The minimum Gasteiger partial charge on any atom is -0.444 e. The van der Waals surface area contributed by atoms with Crippen molar-refractivity contribution in [1.29, 1.82) is 0 Å². The highest BCUT2D eigenvalue weighted by Gasteiger charge is 2.33. The van der Waals surface area contributed by atoms with Crippen molar-refractivity contribution in [2.45, 2.75) is 59.1 Å². The van der Waals surface area contributed by atoms with E-state index in [2.05, 4.69) is 15.8 Å². The van der Waals surface area contributed by atoms with Gasteiger partial charge in [-0.15, -0.1) is 0 Å². The van der Waals surface area contributed by atoms with Crippen LogP contribution in [0, 0.1) is 11.8 Å². The lowest BCUT2D eigenvalue weighted by Gasteiger charge is -2.35. The van der Waals surface area contributed by atoms with Gasteiger partial charge in [0.25, 0.3) is 5.91 Å². The first kappa shape index (κ1) is 17.6. The molecule has 0 aromatic rings. The summed E-state index contributed by atoms with van der Waals surface area (Å²) < 4.78 is 5.40. The summed E-state index contributed by atoms with van der Waals surface area (Å²) in [6, 6.07) is -0.338. The van der Waals surface area contributed by atoms with Gasteiger partial charge in [-0.2, -0.15) is 0 Å². The minimum atomic E-state index is -0.474. The van der Waals surface area contributed by atoms with E-state index in [0.29, 0.717) is 13.1 Å². The zero-order valence-electron chi connectivity index (χ0n) is 14.7. The Bertz CT molecular complexity index is 488. The Morgan fingerprint density at radius 3 is 2.39 bits per heavy atom. The van der Waals surface area contributed by atoms with Gasteiger partial charge >= 0.3 is 6.09 Å². The predicted octanol–water partition coefficient (Wildman–Crippen LogP) is 1.69. The average Bonchev–Trinajstić information content (AvgIpc) is 2.46. The molecule has 0 aromatic heterocycles. The summed E-state index contributed by atoms with van der Waals surface area (Å²) in [5, 5.41) is 0. The van der Waals surface area contributed by atoms with Crippen molar-refractivity contribution in [3.05, 3.63) is 0 Å². The van der Waals surface area contributed by atoms with E-state index in [1.54, 1.807) is 4.90 Å². The van der Waals surface area contributed by atoms with Crippen molar-refractivity contribution < 1.29 is 14.3 Å². The van der Waals surface area contributed by atoms with Gasteiger partial charge in [-0.25, -0.2) is 4.79 Å². The van der Waals surface area contributed by atoms with Crippen LogP contribution in [0.1, 0.15) is 47.5 Å². The number of aliphatic imine (C=N–C) groups is 1. The third-order valence-electron chi connectivity index (χ3n) is 4.03. The Kier molecular flexibility index (Phi) is 5.16. The Morgan fingerprint density at radius 2 is 1.87 bits per heavy atom. The Balaban J connectivity index is 1.93. The summed E-state index contributed by atoms with van der Waals surface area (Å²) in [7, 11) is 0. The zero-order valence-corrected chi connectivity index (χ0v) is 14.7. The van der Waals surface area contributed by atoms with Crippen molar-refractivity contribution in [3.8, 4) is 0 Å². The maximum absolute atomic E-state index is 12.1. The van der Waals surface area contributed by atoms with Gasteiger partial charge < -0.3 is 9.64 Å². The van der Waals surface area contributed by atoms with Crippen molar-refractivity contribution in [2.75, 3.05) is 13.1 Å². The summed E-state index contributed by atoms with van der Waals surface area (Å²) in [6.45, 7) is 10.9. The van der Waals surface area contributed by atoms with Crippen molar-refractivity contribution in [3.63, 3.8) is 0 Å². The SMILES string of the molecule is CC(C)[C@H]1N=C(C2CCN(C(=O)OC(C)(C)C)CC2)NNC1=O. The molecule has 0 unspecified atom stereocenters. The fourth-order valence-corrected chi connectivity index (χ4v) is 2.76. The van der Waals surface area contributed by atoms with Crippen LogP contribution in [0.2, 0.25) is 0 Å². The lowest BCUT2D eigenvalue weighted by Crippen LogP contribution is -2.55. The molecule has 23 heavy (non-hydrogen) atoms. The van der Waals surface area contributed by atoms with Crippen LogP contribution in [-0.2, 0) is 9.53 Å². The number of carbonyl (C=O) groups excluding carboxylic acids is 2. The topological polar surface area (TPSA) is 83.0 Å². The number of likely N-dealkylation sites (tertiary alicyclic amines) is 1. The molecule has 0 saturated carbocycles. The Labute approximate surface area is 137 Å². The normalized spacial score (nSPS) is 23.2. The predicted molar refractivity (Wildman–Crippen MR) is 87.9 cm³/mol. The molecular weight excluding hydrogens is 296 g/mol. The van der Waals surface area contributed by atoms with Crippen LogP contribution in [0.15, 0.2) is 4.99 Å². The van der Waals surface area contributed by atoms with E-state index in [1.807, 2.05) is 34.6 Å². The molecular formula is C16H28N4O3. The largest absolute Gasteiger partial charge is 0.444 e. The average molecular weight is 324 g/mol. The summed E-state index contributed by atoms with van der Waals surface area (Å²) in [6.07, 6.45) is 1.36. The number of rotatable bonds is 2. The smallest absolute Gasteiger partial charge is 0.410 e. The van der Waals surface area contributed by atoms with Gasteiger partial charge in [0.2, 0.25) is 0 Å². The molecule has 7 nitrogen and oxygen atoms in total. The van der Waals surface area contributed by atoms with Crippen molar-refractivity contribution in [2.24, 2.45) is 16.8 Å². The molecule has 0 spiro atoms. The second kappa shape index (κ2) is 6.76. The molecule has 1 fully saturated rings. The molecule has 0 radical (unpaired) electrons. The lowest BCUT2D eigenvalue weighted by molar-refractivity contribution is -0.124. The van der Waals surface area contributed by atoms with Gasteiger partial charge in [-0.1, -0.05) is 13.8 Å². The summed E-state index contributed by atoms with van der Waals surface area (Å²) in [4.78, 5) is 30.2. The van der Waals surface area contributed by atoms with Crippen LogP contribution in [0.4, 0.5) is 4.79 Å². The number of carbonyl (C=O) groups is 2. The highest BCUT2D eigenvalue weighted by molar-refractivity contribution is 5.94. The zero-order chi connectivity index (χ0) is 17.2. The van der Waals surface area contributed by atoms with E-state index in [9.17, 15) is 9.59 Å². The van der Waals surface area contributed by atoms with Crippen LogP contribution in [-0.4, -0.2) is 47.5 Å². The van der Waals surface area contributed by atoms with E-state index >= 15 is 0 Å². The van der Waals surface area contributed by atoms with Crippen LogP contribution < -0.4 is 10.9 Å². The molecule has 0 aliphatic carbocycles. The summed E-state index contributed by atoms with van der Waals surface area (Å²) >= 11 is 0. The standard InChI is InChI=1S/C16H28N4O3/c1-10(2)12-14(21)19-18-13(17-12)11-6-8-20(9-7-11)15(22)23-16(3,4)5/h10-12H,6-9H2,1-5H3,(H,17,18)(H,19,21)/t12-/m1/s1. The number of hydrogen-bond acceptors (Lipinski definition) is 5. The molecule has 2 amide bonds. The molecule has 2 aliphatic heterocycles. The number of ether oxygens (including phenoxy) is 1. The first-order valence-corrected chi connectivity index (χ1v) is 8.29. The first-order valence-electron chi connectivity index (χ1n) is 8.29. The molecule has 1 atom stereocenters. The van der Waals surface area contributed by atoms with Crippen LogP contribution in [0.3, 0.4) is 0 Å². The fourth-order valence-electron chi connectivity index (χ4n) is 2.76. The number of hydrazine groups is 1. The maximum Gasteiger partial charge on any atom is 0.410 e. The fraction of sp³-hybridized carbons (Fsp3) is 0.812. The van der Waals surface area contributed by atoms with Gasteiger partial charge in [-0.3, -0.25) is 20.6 Å². The van der Waals surface area contributed by atoms with Gasteiger partial charge in [0, 0.05) is 19.0 Å². The number of nitrogens with one attached hydrogen (secondary N) is 2. The van der Waals surface area contributed by atoms with Crippen LogP contribution in [0.25, 0.3) is 0 Å². The van der Waals surface area contributed by atoms with E-state index < -0.39 is 5.60 Å². The molecule has 130 valence electrons. The Morgan fingerprint density at radius 1 is 1.26 bits per heavy atom. The lowest BCUT2D eigenvalue weighted by atomic mass is 9.94. The summed E-state index contributed by atoms with van der Waals surface area (Å²) in [5.41, 5.74) is 5.15. The molecule has 0 aromatic carbocycles. The second-order valence-electron chi connectivity index (χ2n) is 7.56. The molecule has 7 heteroatoms. The van der Waals surface area contributed by atoms with Gasteiger partial charge in [-0.05, 0) is 39.5 Å². The number of nitrogens with zero attached hydrogens (tertiary/aromatic N) is 2. The van der Waals surface area contributed by atoms with E-state index in [4.69, 9.17) is 4.74 Å². The molecule has 2 rings (SSSR count). The van der Waals surface area contributed by atoms with E-state index in [1.165, 1.54) is 0 Å². The molecule has 2 N–H and O–H groups in total. The maximum atomic E-state index is 12.1. The van der Waals surface area contributed by atoms with Crippen LogP contribution in [0.5, 0.6) is 0 Å². The quantitative estimate of drug-likeness (QED) is 0.810. The molecule has 0 bridgehead atoms. The van der Waals surface area contributed by atoms with Gasteiger partial charge in [0.05, 0.1) is 0 Å². The monoisotopic (exact) mass is 324 g/mol. The third-order valence-corrected chi connectivity index (χ3v) is 4.03. The molecule has 2 aliphatic rings. The third kappa shape index (κ3) is 4.59. The van der Waals surface area contributed by atoms with Crippen molar-refractivity contribution >= 4 is 17.8 Å². The molecule has 1 saturated heterocycles. The number of amides is 2. The van der Waals surface area contributed by atoms with E-state index in [0.717, 1.165) is 18.7 Å². The molecule has 2 heterocycles. The van der Waals surface area contributed by atoms with Crippen molar-refractivity contribution in [1.82, 2.24) is 15.8 Å². The second-order valence-corrected chi connectivity index (χ2v) is 7.56. The number of hydrogen-bond donors (Lipinski definition) is 2. The number of piperidine rings is 1. The Hall–Kier alpha value is -1.79. The minimum absolute atomic E-state index is 0.0880. The highest BCUT2D eigenvalue weighted by Crippen LogP contribution is 2.22. The highest BCUT2D eigenvalue weighted by atomic mass is 16.6. The summed E-state index contributed by atoms with van der Waals surface area (Å²) in [5.74, 6) is 1.13.